The van der Waals surface area contributed by atoms with Crippen molar-refractivity contribution in [2.75, 3.05) is 33.4 Å². The van der Waals surface area contributed by atoms with E-state index in [1.165, 1.54) is 38.6 Å². The Morgan fingerprint density at radius 3 is 2.58 bits per heavy atom. The van der Waals surface area contributed by atoms with E-state index in [1.54, 1.807) is 0 Å². The van der Waals surface area contributed by atoms with E-state index in [4.69, 9.17) is 4.74 Å². The smallest absolute Gasteiger partial charge is 0.0480 e. The summed E-state index contributed by atoms with van der Waals surface area (Å²) in [5.74, 6) is 1.74. The Balaban J connectivity index is 1.86. The van der Waals surface area contributed by atoms with Gasteiger partial charge in [-0.15, -0.1) is 0 Å². The number of rotatable bonds is 5. The van der Waals surface area contributed by atoms with Gasteiger partial charge in [0, 0.05) is 31.8 Å². The van der Waals surface area contributed by atoms with E-state index in [-0.39, 0.29) is 0 Å². The topological polar surface area (TPSA) is 24.5 Å². The SMILES string of the molecule is CCNC1CCC(C)CC1CN(C)C1CCOCC1. The summed E-state index contributed by atoms with van der Waals surface area (Å²) in [5.41, 5.74) is 0. The van der Waals surface area contributed by atoms with Crippen LogP contribution in [0.2, 0.25) is 0 Å². The molecule has 3 atom stereocenters. The Kier molecular flexibility index (Phi) is 6.11. The number of nitrogens with zero attached hydrogens (tertiary/aromatic N) is 1. The van der Waals surface area contributed by atoms with Crippen molar-refractivity contribution < 1.29 is 4.74 Å². The van der Waals surface area contributed by atoms with Gasteiger partial charge in [-0.25, -0.2) is 0 Å². The lowest BCUT2D eigenvalue weighted by Gasteiger charge is -2.40. The zero-order chi connectivity index (χ0) is 13.7. The fraction of sp³-hybridized carbons (Fsp3) is 1.00. The fourth-order valence-corrected chi connectivity index (χ4v) is 3.88. The second kappa shape index (κ2) is 7.61. The lowest BCUT2D eigenvalue weighted by atomic mass is 9.78. The molecule has 1 saturated heterocycles. The van der Waals surface area contributed by atoms with Crippen LogP contribution in [-0.4, -0.2) is 50.3 Å². The van der Waals surface area contributed by atoms with Gasteiger partial charge in [-0.2, -0.15) is 0 Å². The summed E-state index contributed by atoms with van der Waals surface area (Å²) in [7, 11) is 2.32. The molecule has 1 aliphatic carbocycles. The van der Waals surface area contributed by atoms with Crippen molar-refractivity contribution in [2.45, 2.75) is 58.0 Å². The number of hydrogen-bond acceptors (Lipinski definition) is 3. The second-order valence-corrected chi connectivity index (χ2v) is 6.63. The lowest BCUT2D eigenvalue weighted by molar-refractivity contribution is 0.0317. The first-order valence-electron chi connectivity index (χ1n) is 8.22. The minimum atomic E-state index is 0.739. The lowest BCUT2D eigenvalue weighted by Crippen LogP contribution is -2.47. The maximum atomic E-state index is 5.48. The normalized spacial score (nSPS) is 33.8. The molecule has 112 valence electrons. The summed E-state index contributed by atoms with van der Waals surface area (Å²) < 4.78 is 5.48. The van der Waals surface area contributed by atoms with Crippen molar-refractivity contribution in [3.05, 3.63) is 0 Å². The average Bonchev–Trinajstić information content (AvgIpc) is 2.43. The highest BCUT2D eigenvalue weighted by Gasteiger charge is 2.30. The third kappa shape index (κ3) is 4.44. The predicted molar refractivity (Wildman–Crippen MR) is 80.4 cm³/mol. The Morgan fingerprint density at radius 1 is 1.16 bits per heavy atom. The van der Waals surface area contributed by atoms with E-state index >= 15 is 0 Å². The van der Waals surface area contributed by atoms with E-state index < -0.39 is 0 Å². The summed E-state index contributed by atoms with van der Waals surface area (Å²) in [4.78, 5) is 2.61. The molecule has 0 aromatic heterocycles. The van der Waals surface area contributed by atoms with Crippen molar-refractivity contribution in [2.24, 2.45) is 11.8 Å². The quantitative estimate of drug-likeness (QED) is 0.829. The zero-order valence-electron chi connectivity index (χ0n) is 13.0. The van der Waals surface area contributed by atoms with Gasteiger partial charge in [-0.3, -0.25) is 0 Å². The van der Waals surface area contributed by atoms with E-state index in [0.29, 0.717) is 0 Å². The van der Waals surface area contributed by atoms with E-state index in [2.05, 4.69) is 31.1 Å². The molecule has 0 amide bonds. The molecule has 2 rings (SSSR count). The molecule has 0 radical (unpaired) electrons. The first kappa shape index (κ1) is 15.3. The minimum Gasteiger partial charge on any atom is -0.381 e. The maximum Gasteiger partial charge on any atom is 0.0480 e. The average molecular weight is 268 g/mol. The molecular formula is C16H32N2O. The Labute approximate surface area is 119 Å². The molecule has 1 saturated carbocycles. The van der Waals surface area contributed by atoms with Crippen LogP contribution in [0.15, 0.2) is 0 Å². The molecule has 2 fully saturated rings. The molecular weight excluding hydrogens is 236 g/mol. The maximum absolute atomic E-state index is 5.48. The fourth-order valence-electron chi connectivity index (χ4n) is 3.88. The van der Waals surface area contributed by atoms with Gasteiger partial charge >= 0.3 is 0 Å². The number of ether oxygens (including phenoxy) is 1. The van der Waals surface area contributed by atoms with Crippen LogP contribution in [0.3, 0.4) is 0 Å². The summed E-state index contributed by atoms with van der Waals surface area (Å²) in [6, 6.07) is 1.48. The zero-order valence-corrected chi connectivity index (χ0v) is 13.0. The van der Waals surface area contributed by atoms with Crippen molar-refractivity contribution in [1.82, 2.24) is 10.2 Å². The molecule has 2 aliphatic rings. The molecule has 3 nitrogen and oxygen atoms in total. The van der Waals surface area contributed by atoms with Crippen LogP contribution in [0.25, 0.3) is 0 Å². The number of hydrogen-bond donors (Lipinski definition) is 1. The van der Waals surface area contributed by atoms with Crippen molar-refractivity contribution in [3.8, 4) is 0 Å². The van der Waals surface area contributed by atoms with Crippen molar-refractivity contribution in [3.63, 3.8) is 0 Å². The van der Waals surface area contributed by atoms with Gasteiger partial charge in [0.05, 0.1) is 0 Å². The predicted octanol–water partition coefficient (Wildman–Crippen LogP) is 2.51. The molecule has 0 aromatic rings. The molecule has 0 bridgehead atoms. The standard InChI is InChI=1S/C16H32N2O/c1-4-17-16-6-5-13(2)11-14(16)12-18(3)15-7-9-19-10-8-15/h13-17H,4-12H2,1-3H3. The first-order valence-corrected chi connectivity index (χ1v) is 8.22. The molecule has 1 aliphatic heterocycles. The van der Waals surface area contributed by atoms with Gasteiger partial charge in [0.15, 0.2) is 0 Å². The van der Waals surface area contributed by atoms with Gasteiger partial charge in [-0.05, 0) is 57.5 Å². The van der Waals surface area contributed by atoms with Crippen LogP contribution in [0.5, 0.6) is 0 Å². The van der Waals surface area contributed by atoms with Crippen molar-refractivity contribution in [1.29, 1.82) is 0 Å². The van der Waals surface area contributed by atoms with Crippen LogP contribution in [0.4, 0.5) is 0 Å². The van der Waals surface area contributed by atoms with Gasteiger partial charge in [0.1, 0.15) is 0 Å². The highest BCUT2D eigenvalue weighted by molar-refractivity contribution is 4.86. The van der Waals surface area contributed by atoms with E-state index in [0.717, 1.165) is 43.7 Å². The monoisotopic (exact) mass is 268 g/mol. The Morgan fingerprint density at radius 2 is 1.89 bits per heavy atom. The van der Waals surface area contributed by atoms with E-state index in [9.17, 15) is 0 Å². The van der Waals surface area contributed by atoms with Gasteiger partial charge in [0.25, 0.3) is 0 Å². The molecule has 1 heterocycles. The van der Waals surface area contributed by atoms with Gasteiger partial charge in [0.2, 0.25) is 0 Å². The summed E-state index contributed by atoms with van der Waals surface area (Å²) >= 11 is 0. The third-order valence-corrected chi connectivity index (χ3v) is 5.05. The molecule has 3 heteroatoms. The molecule has 0 spiro atoms. The van der Waals surface area contributed by atoms with Crippen LogP contribution >= 0.6 is 0 Å². The molecule has 19 heavy (non-hydrogen) atoms. The highest BCUT2D eigenvalue weighted by atomic mass is 16.5. The Hall–Kier alpha value is -0.120. The van der Waals surface area contributed by atoms with Crippen LogP contribution < -0.4 is 5.32 Å². The summed E-state index contributed by atoms with van der Waals surface area (Å²) in [6.45, 7) is 8.92. The van der Waals surface area contributed by atoms with Crippen LogP contribution in [-0.2, 0) is 4.74 Å². The largest absolute Gasteiger partial charge is 0.381 e. The Bertz CT molecular complexity index is 253. The summed E-state index contributed by atoms with van der Waals surface area (Å²) in [6.07, 6.45) is 6.58. The second-order valence-electron chi connectivity index (χ2n) is 6.63. The van der Waals surface area contributed by atoms with Crippen molar-refractivity contribution >= 4 is 0 Å². The van der Waals surface area contributed by atoms with Gasteiger partial charge < -0.3 is 15.0 Å². The van der Waals surface area contributed by atoms with Crippen LogP contribution in [0.1, 0.15) is 46.0 Å². The van der Waals surface area contributed by atoms with Crippen LogP contribution in [0, 0.1) is 11.8 Å². The highest BCUT2D eigenvalue weighted by Crippen LogP contribution is 2.30. The number of nitrogens with one attached hydrogen (secondary N) is 1. The van der Waals surface area contributed by atoms with Gasteiger partial charge in [-0.1, -0.05) is 13.8 Å². The first-order chi connectivity index (χ1) is 9.20. The molecule has 3 unspecified atom stereocenters. The third-order valence-electron chi connectivity index (χ3n) is 5.05. The summed E-state index contributed by atoms with van der Waals surface area (Å²) in [5, 5.41) is 3.71. The van der Waals surface area contributed by atoms with E-state index in [1.807, 2.05) is 0 Å². The molecule has 1 N–H and O–H groups in total. The minimum absolute atomic E-state index is 0.739. The molecule has 0 aromatic carbocycles.